The summed E-state index contributed by atoms with van der Waals surface area (Å²) in [6, 6.07) is 18.6. The van der Waals surface area contributed by atoms with E-state index in [4.69, 9.17) is 9.15 Å². The molecule has 0 saturated carbocycles. The van der Waals surface area contributed by atoms with E-state index >= 15 is 0 Å². The highest BCUT2D eigenvalue weighted by Gasteiger charge is 2.18. The molecule has 0 aliphatic carbocycles. The second kappa shape index (κ2) is 10.7. The minimum absolute atomic E-state index is 0.0958. The Labute approximate surface area is 200 Å². The lowest BCUT2D eigenvalue weighted by atomic mass is 10.2. The quantitative estimate of drug-likeness (QED) is 0.346. The number of hydrogen-bond acceptors (Lipinski definition) is 7. The Morgan fingerprint density at radius 1 is 1.06 bits per heavy atom. The van der Waals surface area contributed by atoms with Gasteiger partial charge in [-0.2, -0.15) is 0 Å². The smallest absolute Gasteiger partial charge is 0.234 e. The summed E-state index contributed by atoms with van der Waals surface area (Å²) in [5.74, 6) is 1.30. The summed E-state index contributed by atoms with van der Waals surface area (Å²) in [6.07, 6.45) is 1.58. The van der Waals surface area contributed by atoms with Crippen molar-refractivity contribution in [3.05, 3.63) is 72.5 Å². The number of anilines is 2. The molecule has 4 rings (SSSR count). The molecule has 0 spiro atoms. The van der Waals surface area contributed by atoms with Crippen LogP contribution in [0.4, 0.5) is 11.4 Å². The number of nitrogens with one attached hydrogen (secondary N) is 2. The van der Waals surface area contributed by atoms with Crippen molar-refractivity contribution < 1.29 is 18.7 Å². The van der Waals surface area contributed by atoms with Gasteiger partial charge < -0.3 is 19.8 Å². The van der Waals surface area contributed by atoms with E-state index in [1.54, 1.807) is 30.5 Å². The van der Waals surface area contributed by atoms with Gasteiger partial charge in [0.25, 0.3) is 0 Å². The monoisotopic (exact) mass is 477 g/mol. The van der Waals surface area contributed by atoms with Gasteiger partial charge in [0.15, 0.2) is 10.9 Å². The van der Waals surface area contributed by atoms with Gasteiger partial charge in [-0.1, -0.05) is 42.1 Å². The Morgan fingerprint density at radius 3 is 2.59 bits per heavy atom. The molecule has 0 fully saturated rings. The number of ether oxygens (including phenoxy) is 1. The standard InChI is InChI=1S/C24H23N5O4S/c1-16(30)25-18-10-11-20(32-2)19(13-18)26-22(31)15-34-24-28-27-23(21-9-6-12-33-21)29(24)14-17-7-4-3-5-8-17/h3-13H,14-15H2,1-2H3,(H,25,30)(H,26,31). The molecule has 0 bridgehead atoms. The van der Waals surface area contributed by atoms with Crippen LogP contribution in [-0.2, 0) is 16.1 Å². The van der Waals surface area contributed by atoms with Gasteiger partial charge in [0, 0.05) is 12.6 Å². The number of aromatic nitrogens is 3. The first kappa shape index (κ1) is 23.1. The summed E-state index contributed by atoms with van der Waals surface area (Å²) in [5.41, 5.74) is 2.09. The fourth-order valence-corrected chi connectivity index (χ4v) is 4.03. The van der Waals surface area contributed by atoms with Gasteiger partial charge in [0.2, 0.25) is 17.6 Å². The van der Waals surface area contributed by atoms with Crippen molar-refractivity contribution >= 4 is 35.0 Å². The van der Waals surface area contributed by atoms with Gasteiger partial charge in [-0.05, 0) is 35.9 Å². The third-order valence-corrected chi connectivity index (χ3v) is 5.73. The van der Waals surface area contributed by atoms with Crippen LogP contribution in [-0.4, -0.2) is 39.4 Å². The maximum absolute atomic E-state index is 12.7. The minimum Gasteiger partial charge on any atom is -0.495 e. The molecule has 4 aromatic rings. The van der Waals surface area contributed by atoms with Crippen LogP contribution in [0.25, 0.3) is 11.6 Å². The lowest BCUT2D eigenvalue weighted by Gasteiger charge is -2.13. The number of carbonyl (C=O) groups is 2. The number of thioether (sulfide) groups is 1. The van der Waals surface area contributed by atoms with Crippen LogP contribution >= 0.6 is 11.8 Å². The lowest BCUT2D eigenvalue weighted by molar-refractivity contribution is -0.114. The summed E-state index contributed by atoms with van der Waals surface area (Å²) < 4.78 is 12.8. The molecule has 9 nitrogen and oxygen atoms in total. The molecule has 0 aliphatic rings. The van der Waals surface area contributed by atoms with Crippen molar-refractivity contribution in [3.8, 4) is 17.3 Å². The Kier molecular flexibility index (Phi) is 7.28. The zero-order valence-corrected chi connectivity index (χ0v) is 19.5. The summed E-state index contributed by atoms with van der Waals surface area (Å²) in [4.78, 5) is 24.1. The summed E-state index contributed by atoms with van der Waals surface area (Å²) in [5, 5.41) is 14.7. The molecule has 34 heavy (non-hydrogen) atoms. The number of amides is 2. The Balaban J connectivity index is 1.50. The highest BCUT2D eigenvalue weighted by atomic mass is 32.2. The van der Waals surface area contributed by atoms with E-state index in [1.807, 2.05) is 41.0 Å². The molecule has 2 N–H and O–H groups in total. The summed E-state index contributed by atoms with van der Waals surface area (Å²) in [6.45, 7) is 1.95. The lowest BCUT2D eigenvalue weighted by Crippen LogP contribution is -2.16. The van der Waals surface area contributed by atoms with Crippen LogP contribution in [0.3, 0.4) is 0 Å². The largest absolute Gasteiger partial charge is 0.495 e. The number of furan rings is 1. The van der Waals surface area contributed by atoms with E-state index in [0.29, 0.717) is 40.4 Å². The van der Waals surface area contributed by atoms with Crippen LogP contribution in [0.5, 0.6) is 5.75 Å². The van der Waals surface area contributed by atoms with Crippen molar-refractivity contribution in [2.75, 3.05) is 23.5 Å². The Morgan fingerprint density at radius 2 is 1.88 bits per heavy atom. The fourth-order valence-electron chi connectivity index (χ4n) is 3.30. The zero-order chi connectivity index (χ0) is 23.9. The number of rotatable bonds is 9. The van der Waals surface area contributed by atoms with Crippen molar-refractivity contribution in [1.29, 1.82) is 0 Å². The van der Waals surface area contributed by atoms with Crippen LogP contribution in [0.1, 0.15) is 12.5 Å². The predicted octanol–water partition coefficient (Wildman–Crippen LogP) is 4.28. The third-order valence-electron chi connectivity index (χ3n) is 4.77. The molecule has 2 aromatic carbocycles. The molecular formula is C24H23N5O4S. The molecule has 0 radical (unpaired) electrons. The first-order valence-corrected chi connectivity index (χ1v) is 11.4. The number of hydrogen-bond donors (Lipinski definition) is 2. The summed E-state index contributed by atoms with van der Waals surface area (Å²) >= 11 is 1.27. The van der Waals surface area contributed by atoms with Crippen LogP contribution < -0.4 is 15.4 Å². The van der Waals surface area contributed by atoms with Gasteiger partial charge in [0.1, 0.15) is 5.75 Å². The first-order chi connectivity index (χ1) is 16.5. The second-order valence-electron chi connectivity index (χ2n) is 7.29. The van der Waals surface area contributed by atoms with Crippen molar-refractivity contribution in [1.82, 2.24) is 14.8 Å². The first-order valence-electron chi connectivity index (χ1n) is 10.4. The van der Waals surface area contributed by atoms with E-state index in [2.05, 4.69) is 20.8 Å². The van der Waals surface area contributed by atoms with Gasteiger partial charge in [-0.3, -0.25) is 14.2 Å². The van der Waals surface area contributed by atoms with Gasteiger partial charge >= 0.3 is 0 Å². The van der Waals surface area contributed by atoms with Crippen LogP contribution in [0.15, 0.2) is 76.5 Å². The fraction of sp³-hybridized carbons (Fsp3) is 0.167. The predicted molar refractivity (Wildman–Crippen MR) is 130 cm³/mol. The van der Waals surface area contributed by atoms with Crippen LogP contribution in [0, 0.1) is 0 Å². The molecule has 0 unspecified atom stereocenters. The van der Waals surface area contributed by atoms with E-state index in [9.17, 15) is 9.59 Å². The molecule has 0 atom stereocenters. The van der Waals surface area contributed by atoms with Gasteiger partial charge in [-0.25, -0.2) is 0 Å². The molecule has 174 valence electrons. The van der Waals surface area contributed by atoms with E-state index in [1.165, 1.54) is 25.8 Å². The molecule has 0 saturated heterocycles. The average Bonchev–Trinajstić information content (AvgIpc) is 3.48. The SMILES string of the molecule is COc1ccc(NC(C)=O)cc1NC(=O)CSc1nnc(-c2ccco2)n1Cc1ccccc1. The number of benzene rings is 2. The minimum atomic E-state index is -0.253. The topological polar surface area (TPSA) is 111 Å². The van der Waals surface area contributed by atoms with Gasteiger partial charge in [0.05, 0.1) is 31.4 Å². The average molecular weight is 478 g/mol. The van der Waals surface area contributed by atoms with E-state index < -0.39 is 0 Å². The van der Waals surface area contributed by atoms with Crippen molar-refractivity contribution in [3.63, 3.8) is 0 Å². The Hall–Kier alpha value is -4.05. The molecule has 2 aromatic heterocycles. The second-order valence-corrected chi connectivity index (χ2v) is 8.23. The number of methoxy groups -OCH3 is 1. The molecular weight excluding hydrogens is 454 g/mol. The number of nitrogens with zero attached hydrogens (tertiary/aromatic N) is 3. The Bertz CT molecular complexity index is 1270. The maximum atomic E-state index is 12.7. The highest BCUT2D eigenvalue weighted by Crippen LogP contribution is 2.29. The van der Waals surface area contributed by atoms with Crippen LogP contribution in [0.2, 0.25) is 0 Å². The van der Waals surface area contributed by atoms with Crippen molar-refractivity contribution in [2.45, 2.75) is 18.6 Å². The zero-order valence-electron chi connectivity index (χ0n) is 18.6. The molecule has 2 heterocycles. The molecule has 10 heteroatoms. The highest BCUT2D eigenvalue weighted by molar-refractivity contribution is 7.99. The van der Waals surface area contributed by atoms with E-state index in [-0.39, 0.29) is 17.6 Å². The summed E-state index contributed by atoms with van der Waals surface area (Å²) in [7, 11) is 1.51. The number of carbonyl (C=O) groups excluding carboxylic acids is 2. The molecule has 0 aliphatic heterocycles. The third kappa shape index (κ3) is 5.65. The normalized spacial score (nSPS) is 10.6. The van der Waals surface area contributed by atoms with Crippen molar-refractivity contribution in [2.24, 2.45) is 0 Å². The van der Waals surface area contributed by atoms with Gasteiger partial charge in [-0.15, -0.1) is 10.2 Å². The molecule has 2 amide bonds. The maximum Gasteiger partial charge on any atom is 0.234 e. The van der Waals surface area contributed by atoms with E-state index in [0.717, 1.165) is 5.56 Å².